The van der Waals surface area contributed by atoms with Crippen molar-refractivity contribution in [3.05, 3.63) is 0 Å². The molecule has 1 aliphatic carbocycles. The highest BCUT2D eigenvalue weighted by Gasteiger charge is 2.31. The summed E-state index contributed by atoms with van der Waals surface area (Å²) in [6.45, 7) is 2.64. The maximum atomic E-state index is 9.59. The van der Waals surface area contributed by atoms with Gasteiger partial charge in [-0.3, -0.25) is 5.41 Å². The number of aliphatic hydroxyl groups excluding tert-OH is 1. The quantitative estimate of drug-likeness (QED) is 0.325. The summed E-state index contributed by atoms with van der Waals surface area (Å²) in [5, 5.41) is 19.5. The topological polar surface area (TPSA) is 108 Å². The predicted molar refractivity (Wildman–Crippen MR) is 60.4 cm³/mol. The molecule has 88 valence electrons. The number of rotatable bonds is 3. The van der Waals surface area contributed by atoms with Crippen molar-refractivity contribution in [2.24, 2.45) is 23.3 Å². The van der Waals surface area contributed by atoms with Gasteiger partial charge in [-0.2, -0.15) is 0 Å². The average molecular weight is 214 g/mol. The van der Waals surface area contributed by atoms with Crippen molar-refractivity contribution < 1.29 is 5.11 Å². The molecule has 4 atom stereocenters. The van der Waals surface area contributed by atoms with Crippen LogP contribution >= 0.6 is 0 Å². The Labute approximate surface area is 90.7 Å². The molecule has 1 fully saturated rings. The molecule has 0 aromatic carbocycles. The molecule has 7 N–H and O–H groups in total. The monoisotopic (exact) mass is 214 g/mol. The third kappa shape index (κ3) is 3.68. The highest BCUT2D eigenvalue weighted by atomic mass is 16.3. The number of hydrogen-bond acceptors (Lipinski definition) is 3. The van der Waals surface area contributed by atoms with Crippen LogP contribution in [0, 0.1) is 17.2 Å². The number of hydrogen-bond donors (Lipinski definition) is 5. The Bertz CT molecular complexity index is 219. The van der Waals surface area contributed by atoms with Gasteiger partial charge in [0.15, 0.2) is 5.96 Å². The van der Waals surface area contributed by atoms with E-state index in [1.54, 1.807) is 0 Å². The van der Waals surface area contributed by atoms with Crippen LogP contribution in [0.15, 0.2) is 0 Å². The second kappa shape index (κ2) is 5.32. The van der Waals surface area contributed by atoms with Crippen molar-refractivity contribution in [3.8, 4) is 0 Å². The summed E-state index contributed by atoms with van der Waals surface area (Å²) in [6, 6.07) is 0.135. The van der Waals surface area contributed by atoms with Gasteiger partial charge in [0.05, 0.1) is 6.10 Å². The molecule has 5 nitrogen and oxygen atoms in total. The molecule has 1 aliphatic rings. The normalized spacial score (nSPS) is 33.4. The van der Waals surface area contributed by atoms with Crippen LogP contribution in [0.1, 0.15) is 26.2 Å². The Hall–Kier alpha value is -0.810. The lowest BCUT2D eigenvalue weighted by molar-refractivity contribution is 0.0629. The summed E-state index contributed by atoms with van der Waals surface area (Å²) < 4.78 is 0. The number of guanidine groups is 1. The van der Waals surface area contributed by atoms with Gasteiger partial charge < -0.3 is 21.9 Å². The van der Waals surface area contributed by atoms with E-state index in [-0.39, 0.29) is 18.1 Å². The fourth-order valence-corrected chi connectivity index (χ4v) is 2.43. The molecular formula is C10H22N4O. The fourth-order valence-electron chi connectivity index (χ4n) is 2.43. The van der Waals surface area contributed by atoms with Crippen LogP contribution in [-0.2, 0) is 0 Å². The highest BCUT2D eigenvalue weighted by Crippen LogP contribution is 2.31. The first-order chi connectivity index (χ1) is 7.00. The van der Waals surface area contributed by atoms with Crippen molar-refractivity contribution in [1.82, 2.24) is 5.32 Å². The number of nitrogens with one attached hydrogen (secondary N) is 2. The van der Waals surface area contributed by atoms with E-state index in [0.29, 0.717) is 18.4 Å². The number of aliphatic hydroxyl groups is 1. The lowest BCUT2D eigenvalue weighted by atomic mass is 9.74. The summed E-state index contributed by atoms with van der Waals surface area (Å²) in [6.07, 6.45) is 2.33. The average Bonchev–Trinajstić information content (AvgIpc) is 2.14. The van der Waals surface area contributed by atoms with Crippen molar-refractivity contribution in [2.75, 3.05) is 6.54 Å². The zero-order valence-electron chi connectivity index (χ0n) is 9.24. The molecule has 1 saturated carbocycles. The maximum Gasteiger partial charge on any atom is 0.185 e. The first-order valence-electron chi connectivity index (χ1n) is 5.52. The van der Waals surface area contributed by atoms with Crippen molar-refractivity contribution >= 4 is 5.96 Å². The Morgan fingerprint density at radius 3 is 2.80 bits per heavy atom. The molecule has 0 saturated heterocycles. The van der Waals surface area contributed by atoms with E-state index in [2.05, 4.69) is 5.32 Å². The molecule has 0 aromatic heterocycles. The van der Waals surface area contributed by atoms with E-state index in [1.165, 1.54) is 0 Å². The molecule has 0 amide bonds. The van der Waals surface area contributed by atoms with Gasteiger partial charge in [0, 0.05) is 12.6 Å². The Morgan fingerprint density at radius 2 is 2.27 bits per heavy atom. The Morgan fingerprint density at radius 1 is 1.60 bits per heavy atom. The standard InChI is InChI=1S/C10H22N4O/c1-6(11)9-3-2-8(15)4-7(9)5-14-10(12)13/h6-9,15H,2-5,11H2,1H3,(H4,12,13,14)/t6?,7-,8?,9+/m1/s1. The SMILES string of the molecule is CC(N)[C@@H]1CCC(O)C[C@@H]1CNC(=N)N. The Kier molecular flexibility index (Phi) is 4.35. The van der Waals surface area contributed by atoms with Crippen molar-refractivity contribution in [3.63, 3.8) is 0 Å². The molecule has 0 aliphatic heterocycles. The number of nitrogens with two attached hydrogens (primary N) is 2. The van der Waals surface area contributed by atoms with Gasteiger partial charge in [0.25, 0.3) is 0 Å². The molecule has 5 heteroatoms. The molecule has 1 rings (SSSR count). The molecule has 0 aromatic rings. The second-order valence-corrected chi connectivity index (χ2v) is 4.54. The molecular weight excluding hydrogens is 192 g/mol. The van der Waals surface area contributed by atoms with Crippen LogP contribution in [-0.4, -0.2) is 29.8 Å². The predicted octanol–water partition coefficient (Wildman–Crippen LogP) is -0.406. The second-order valence-electron chi connectivity index (χ2n) is 4.54. The van der Waals surface area contributed by atoms with Gasteiger partial charge in [-0.05, 0) is 38.0 Å². The smallest absolute Gasteiger partial charge is 0.185 e. The van der Waals surface area contributed by atoms with Crippen molar-refractivity contribution in [2.45, 2.75) is 38.3 Å². The summed E-state index contributed by atoms with van der Waals surface area (Å²) in [7, 11) is 0. The van der Waals surface area contributed by atoms with Crippen molar-refractivity contribution in [1.29, 1.82) is 5.41 Å². The van der Waals surface area contributed by atoms with Crippen LogP contribution < -0.4 is 16.8 Å². The van der Waals surface area contributed by atoms with E-state index >= 15 is 0 Å². The first kappa shape index (κ1) is 12.3. The van der Waals surface area contributed by atoms with Gasteiger partial charge in [0.1, 0.15) is 0 Å². The van der Waals surface area contributed by atoms with Crippen LogP contribution in [0.2, 0.25) is 0 Å². The van der Waals surface area contributed by atoms with Gasteiger partial charge >= 0.3 is 0 Å². The maximum absolute atomic E-state index is 9.59. The molecule has 2 unspecified atom stereocenters. The minimum absolute atomic E-state index is 0.0153. The molecule has 0 heterocycles. The summed E-state index contributed by atoms with van der Waals surface area (Å²) >= 11 is 0. The summed E-state index contributed by atoms with van der Waals surface area (Å²) in [4.78, 5) is 0. The highest BCUT2D eigenvalue weighted by molar-refractivity contribution is 5.74. The van der Waals surface area contributed by atoms with Gasteiger partial charge in [-0.25, -0.2) is 0 Å². The van der Waals surface area contributed by atoms with E-state index in [9.17, 15) is 5.11 Å². The third-order valence-electron chi connectivity index (χ3n) is 3.24. The zero-order chi connectivity index (χ0) is 11.4. The minimum Gasteiger partial charge on any atom is -0.393 e. The lowest BCUT2D eigenvalue weighted by Gasteiger charge is -2.36. The third-order valence-corrected chi connectivity index (χ3v) is 3.24. The largest absolute Gasteiger partial charge is 0.393 e. The molecule has 0 spiro atoms. The van der Waals surface area contributed by atoms with Gasteiger partial charge in [-0.1, -0.05) is 0 Å². The summed E-state index contributed by atoms with van der Waals surface area (Å²) in [5.74, 6) is 0.719. The van der Waals surface area contributed by atoms with Crippen LogP contribution in [0.25, 0.3) is 0 Å². The molecule has 0 bridgehead atoms. The van der Waals surface area contributed by atoms with Gasteiger partial charge in [-0.15, -0.1) is 0 Å². The molecule has 15 heavy (non-hydrogen) atoms. The fraction of sp³-hybridized carbons (Fsp3) is 0.900. The van der Waals surface area contributed by atoms with Crippen LogP contribution in [0.3, 0.4) is 0 Å². The lowest BCUT2D eigenvalue weighted by Crippen LogP contribution is -2.44. The van der Waals surface area contributed by atoms with E-state index in [4.69, 9.17) is 16.9 Å². The van der Waals surface area contributed by atoms with E-state index in [1.807, 2.05) is 6.92 Å². The van der Waals surface area contributed by atoms with Crippen LogP contribution in [0.4, 0.5) is 0 Å². The van der Waals surface area contributed by atoms with Crippen LogP contribution in [0.5, 0.6) is 0 Å². The minimum atomic E-state index is -0.223. The summed E-state index contributed by atoms with van der Waals surface area (Å²) in [5.41, 5.74) is 11.2. The van der Waals surface area contributed by atoms with Gasteiger partial charge in [0.2, 0.25) is 0 Å². The van der Waals surface area contributed by atoms with E-state index < -0.39 is 0 Å². The first-order valence-corrected chi connectivity index (χ1v) is 5.52. The Balaban J connectivity index is 2.50. The zero-order valence-corrected chi connectivity index (χ0v) is 9.24. The van der Waals surface area contributed by atoms with E-state index in [0.717, 1.165) is 19.3 Å². The molecule has 0 radical (unpaired) electrons.